The molecule has 1 aliphatic heterocycles. The number of hydrogen-bond acceptors (Lipinski definition) is 3. The van der Waals surface area contributed by atoms with Gasteiger partial charge in [0.15, 0.2) is 0 Å². The van der Waals surface area contributed by atoms with E-state index in [0.29, 0.717) is 24.8 Å². The Morgan fingerprint density at radius 2 is 1.81 bits per heavy atom. The zero-order valence-corrected chi connectivity index (χ0v) is 17.3. The van der Waals surface area contributed by atoms with Crippen LogP contribution in [0.2, 0.25) is 0 Å². The van der Waals surface area contributed by atoms with Crippen molar-refractivity contribution in [1.82, 2.24) is 10.6 Å². The fourth-order valence-corrected chi connectivity index (χ4v) is 3.37. The van der Waals surface area contributed by atoms with E-state index in [9.17, 15) is 9.59 Å². The van der Waals surface area contributed by atoms with Crippen LogP contribution in [-0.2, 0) is 4.79 Å². The maximum absolute atomic E-state index is 12.6. The Kier molecular flexibility index (Phi) is 8.14. The molecule has 2 N–H and O–H groups in total. The molecule has 5 nitrogen and oxygen atoms in total. The van der Waals surface area contributed by atoms with Gasteiger partial charge < -0.3 is 15.5 Å². The van der Waals surface area contributed by atoms with Crippen LogP contribution in [-0.4, -0.2) is 37.5 Å². The van der Waals surface area contributed by atoms with Crippen molar-refractivity contribution in [2.75, 3.05) is 24.5 Å². The lowest BCUT2D eigenvalue weighted by Gasteiger charge is -2.35. The second-order valence-electron chi connectivity index (χ2n) is 8.17. The van der Waals surface area contributed by atoms with Gasteiger partial charge >= 0.3 is 0 Å². The van der Waals surface area contributed by atoms with Gasteiger partial charge in [-0.1, -0.05) is 46.2 Å². The van der Waals surface area contributed by atoms with Crippen molar-refractivity contribution in [3.63, 3.8) is 0 Å². The molecule has 150 valence electrons. The molecule has 1 aliphatic rings. The van der Waals surface area contributed by atoms with Gasteiger partial charge in [0, 0.05) is 37.8 Å². The minimum absolute atomic E-state index is 0.00161. The lowest BCUT2D eigenvalue weighted by Crippen LogP contribution is -2.45. The molecule has 1 aromatic carbocycles. The second-order valence-corrected chi connectivity index (χ2v) is 8.17. The number of para-hydroxylation sites is 1. The summed E-state index contributed by atoms with van der Waals surface area (Å²) in [6, 6.07) is 8.06. The number of nitrogens with one attached hydrogen (secondary N) is 2. The second kappa shape index (κ2) is 10.3. The van der Waals surface area contributed by atoms with Crippen LogP contribution >= 0.6 is 0 Å². The molecule has 1 atom stereocenters. The first-order valence-electron chi connectivity index (χ1n) is 10.3. The van der Waals surface area contributed by atoms with E-state index in [1.54, 1.807) is 0 Å². The average molecular weight is 374 g/mol. The normalized spacial score (nSPS) is 16.3. The van der Waals surface area contributed by atoms with Gasteiger partial charge in [0.1, 0.15) is 0 Å². The number of piperidine rings is 1. The van der Waals surface area contributed by atoms with Crippen LogP contribution in [0.1, 0.15) is 63.7 Å². The Labute approximate surface area is 163 Å². The SMILES string of the molecule is CC[C@@H](C)CNC(=O)c1ccccc1N1CCC(NC(=O)CC(C)C)CC1. The van der Waals surface area contributed by atoms with E-state index in [2.05, 4.69) is 43.2 Å². The van der Waals surface area contributed by atoms with E-state index in [1.165, 1.54) is 0 Å². The molecule has 0 radical (unpaired) electrons. The highest BCUT2D eigenvalue weighted by atomic mass is 16.2. The first kappa shape index (κ1) is 21.3. The van der Waals surface area contributed by atoms with Gasteiger partial charge in [-0.15, -0.1) is 0 Å². The largest absolute Gasteiger partial charge is 0.371 e. The molecule has 0 aromatic heterocycles. The number of benzene rings is 1. The molecule has 1 heterocycles. The zero-order chi connectivity index (χ0) is 19.8. The molecule has 2 rings (SSSR count). The Hall–Kier alpha value is -2.04. The maximum atomic E-state index is 12.6. The molecular weight excluding hydrogens is 338 g/mol. The first-order chi connectivity index (χ1) is 12.9. The molecule has 5 heteroatoms. The first-order valence-corrected chi connectivity index (χ1v) is 10.3. The quantitative estimate of drug-likeness (QED) is 0.732. The Morgan fingerprint density at radius 3 is 2.44 bits per heavy atom. The summed E-state index contributed by atoms with van der Waals surface area (Å²) in [6.45, 7) is 10.8. The van der Waals surface area contributed by atoms with Crippen molar-refractivity contribution >= 4 is 17.5 Å². The summed E-state index contributed by atoms with van der Waals surface area (Å²) in [6.07, 6.45) is 3.46. The van der Waals surface area contributed by atoms with Gasteiger partial charge in [0.25, 0.3) is 5.91 Å². The molecule has 1 aromatic rings. The minimum atomic E-state index is -0.00161. The summed E-state index contributed by atoms with van der Waals surface area (Å²) in [5, 5.41) is 6.21. The lowest BCUT2D eigenvalue weighted by molar-refractivity contribution is -0.122. The highest BCUT2D eigenvalue weighted by Gasteiger charge is 2.24. The van der Waals surface area contributed by atoms with Crippen molar-refractivity contribution in [2.45, 2.75) is 59.4 Å². The Balaban J connectivity index is 1.94. The van der Waals surface area contributed by atoms with Gasteiger partial charge in [-0.25, -0.2) is 0 Å². The van der Waals surface area contributed by atoms with Crippen LogP contribution in [0.15, 0.2) is 24.3 Å². The third kappa shape index (κ3) is 6.56. The van der Waals surface area contributed by atoms with Crippen molar-refractivity contribution < 1.29 is 9.59 Å². The predicted molar refractivity (Wildman–Crippen MR) is 111 cm³/mol. The van der Waals surface area contributed by atoms with Crippen molar-refractivity contribution in [2.24, 2.45) is 11.8 Å². The van der Waals surface area contributed by atoms with E-state index >= 15 is 0 Å². The topological polar surface area (TPSA) is 61.4 Å². The maximum Gasteiger partial charge on any atom is 0.253 e. The number of carbonyl (C=O) groups excluding carboxylic acids is 2. The molecule has 0 saturated carbocycles. The third-order valence-electron chi connectivity index (χ3n) is 5.25. The van der Waals surface area contributed by atoms with Crippen LogP contribution in [0.4, 0.5) is 5.69 Å². The summed E-state index contributed by atoms with van der Waals surface area (Å²) >= 11 is 0. The summed E-state index contributed by atoms with van der Waals surface area (Å²) in [4.78, 5) is 26.9. The number of hydrogen-bond donors (Lipinski definition) is 2. The molecule has 1 fully saturated rings. The molecule has 0 bridgehead atoms. The molecule has 27 heavy (non-hydrogen) atoms. The Bertz CT molecular complexity index is 622. The molecular formula is C22H35N3O2. The highest BCUT2D eigenvalue weighted by Crippen LogP contribution is 2.24. The average Bonchev–Trinajstić information content (AvgIpc) is 2.65. The predicted octanol–water partition coefficient (Wildman–Crippen LogP) is 3.59. The van der Waals surface area contributed by atoms with Crippen LogP contribution in [0, 0.1) is 11.8 Å². The summed E-state index contributed by atoms with van der Waals surface area (Å²) < 4.78 is 0. The summed E-state index contributed by atoms with van der Waals surface area (Å²) in [5.74, 6) is 1.00. The van der Waals surface area contributed by atoms with Gasteiger partial charge in [-0.3, -0.25) is 9.59 Å². The molecule has 0 unspecified atom stereocenters. The molecule has 0 spiro atoms. The van der Waals surface area contributed by atoms with Crippen LogP contribution in [0.3, 0.4) is 0 Å². The van der Waals surface area contributed by atoms with E-state index < -0.39 is 0 Å². The van der Waals surface area contributed by atoms with Crippen molar-refractivity contribution in [3.05, 3.63) is 29.8 Å². The summed E-state index contributed by atoms with van der Waals surface area (Å²) in [5.41, 5.74) is 1.73. The molecule has 1 saturated heterocycles. The number of nitrogens with zero attached hydrogens (tertiary/aromatic N) is 1. The fraction of sp³-hybridized carbons (Fsp3) is 0.636. The van der Waals surface area contributed by atoms with Gasteiger partial charge in [0.2, 0.25) is 5.91 Å². The molecule has 2 amide bonds. The number of anilines is 1. The minimum Gasteiger partial charge on any atom is -0.371 e. The number of amides is 2. The van der Waals surface area contributed by atoms with E-state index in [0.717, 1.165) is 43.6 Å². The monoisotopic (exact) mass is 373 g/mol. The van der Waals surface area contributed by atoms with Gasteiger partial charge in [-0.2, -0.15) is 0 Å². The van der Waals surface area contributed by atoms with E-state index in [-0.39, 0.29) is 17.9 Å². The lowest BCUT2D eigenvalue weighted by atomic mass is 10.0. The van der Waals surface area contributed by atoms with Gasteiger partial charge in [0.05, 0.1) is 5.56 Å². The standard InChI is InChI=1S/C22H35N3O2/c1-5-17(4)15-23-22(27)19-8-6-7-9-20(19)25-12-10-18(11-13-25)24-21(26)14-16(2)3/h6-9,16-18H,5,10-15H2,1-4H3,(H,23,27)(H,24,26)/t17-/m1/s1. The van der Waals surface area contributed by atoms with Crippen molar-refractivity contribution in [3.8, 4) is 0 Å². The van der Waals surface area contributed by atoms with Crippen LogP contribution in [0.25, 0.3) is 0 Å². The summed E-state index contributed by atoms with van der Waals surface area (Å²) in [7, 11) is 0. The zero-order valence-electron chi connectivity index (χ0n) is 17.3. The smallest absolute Gasteiger partial charge is 0.253 e. The molecule has 0 aliphatic carbocycles. The van der Waals surface area contributed by atoms with E-state index in [4.69, 9.17) is 0 Å². The number of rotatable bonds is 8. The fourth-order valence-electron chi connectivity index (χ4n) is 3.37. The number of carbonyl (C=O) groups is 2. The van der Waals surface area contributed by atoms with Crippen LogP contribution < -0.4 is 15.5 Å². The van der Waals surface area contributed by atoms with Crippen LogP contribution in [0.5, 0.6) is 0 Å². The van der Waals surface area contributed by atoms with E-state index in [1.807, 2.05) is 24.3 Å². The highest BCUT2D eigenvalue weighted by molar-refractivity contribution is 5.99. The van der Waals surface area contributed by atoms with Crippen molar-refractivity contribution in [1.29, 1.82) is 0 Å². The Morgan fingerprint density at radius 1 is 1.15 bits per heavy atom. The third-order valence-corrected chi connectivity index (χ3v) is 5.25. The van der Waals surface area contributed by atoms with Gasteiger partial charge in [-0.05, 0) is 36.8 Å².